The number of hydrogen-bond donors (Lipinski definition) is 2. The molecule has 1 aromatic carbocycles. The maximum Gasteiger partial charge on any atom is 0.123 e. The van der Waals surface area contributed by atoms with Crippen molar-refractivity contribution < 1.29 is 23.7 Å². The minimum Gasteiger partial charge on any atom is -0.496 e. The molecule has 24 heavy (non-hydrogen) atoms. The Morgan fingerprint density at radius 1 is 1.33 bits per heavy atom. The van der Waals surface area contributed by atoms with Crippen molar-refractivity contribution in [3.05, 3.63) is 29.6 Å². The third-order valence-electron chi connectivity index (χ3n) is 5.13. The van der Waals surface area contributed by atoms with Gasteiger partial charge in [0, 0.05) is 32.7 Å². The minimum atomic E-state index is -1.09. The Morgan fingerprint density at radius 2 is 2.12 bits per heavy atom. The molecule has 134 valence electrons. The van der Waals surface area contributed by atoms with Gasteiger partial charge in [0.15, 0.2) is 0 Å². The second-order valence-electron chi connectivity index (χ2n) is 6.57. The van der Waals surface area contributed by atoms with Crippen LogP contribution in [0.1, 0.15) is 18.4 Å². The van der Waals surface area contributed by atoms with Gasteiger partial charge in [-0.3, -0.25) is 0 Å². The summed E-state index contributed by atoms with van der Waals surface area (Å²) in [5, 5.41) is 14.9. The van der Waals surface area contributed by atoms with E-state index in [4.69, 9.17) is 14.2 Å². The quantitative estimate of drug-likeness (QED) is 0.852. The highest BCUT2D eigenvalue weighted by Crippen LogP contribution is 2.37. The normalized spacial score (nSPS) is 25.2. The van der Waals surface area contributed by atoms with Gasteiger partial charge in [0.1, 0.15) is 11.6 Å². The lowest BCUT2D eigenvalue weighted by Gasteiger charge is -2.45. The second-order valence-corrected chi connectivity index (χ2v) is 6.57. The maximum absolute atomic E-state index is 13.7. The van der Waals surface area contributed by atoms with Crippen LogP contribution in [0.4, 0.5) is 4.39 Å². The van der Waals surface area contributed by atoms with Crippen LogP contribution in [0.25, 0.3) is 0 Å². The summed E-state index contributed by atoms with van der Waals surface area (Å²) in [6.07, 6.45) is 1.51. The molecule has 1 aromatic rings. The van der Waals surface area contributed by atoms with Crippen molar-refractivity contribution in [1.82, 2.24) is 5.32 Å². The average Bonchev–Trinajstić information content (AvgIpc) is 2.63. The number of halogens is 1. The van der Waals surface area contributed by atoms with Gasteiger partial charge in [-0.15, -0.1) is 0 Å². The summed E-state index contributed by atoms with van der Waals surface area (Å²) < 4.78 is 30.4. The van der Waals surface area contributed by atoms with E-state index >= 15 is 0 Å². The molecule has 2 heterocycles. The average molecular weight is 339 g/mol. The fourth-order valence-corrected chi connectivity index (χ4v) is 3.80. The molecule has 0 bridgehead atoms. The van der Waals surface area contributed by atoms with Crippen LogP contribution in [0, 0.1) is 11.7 Å². The first-order chi connectivity index (χ1) is 11.6. The lowest BCUT2D eigenvalue weighted by molar-refractivity contribution is -0.163. The third kappa shape index (κ3) is 3.72. The molecule has 0 amide bonds. The molecule has 6 heteroatoms. The molecule has 2 N–H and O–H groups in total. The molecule has 2 aliphatic rings. The number of morpholine rings is 1. The number of rotatable bonds is 5. The Morgan fingerprint density at radius 3 is 2.79 bits per heavy atom. The number of nitrogens with one attached hydrogen (secondary N) is 1. The van der Waals surface area contributed by atoms with E-state index in [0.29, 0.717) is 44.1 Å². The molecular formula is C18H26FNO4. The van der Waals surface area contributed by atoms with Crippen molar-refractivity contribution in [2.45, 2.75) is 31.0 Å². The standard InChI is InChI=1S/C18H26FNO4/c1-22-16-3-2-15(19)10-13(16)11-18(21,14-4-7-23-8-5-14)17-12-20-6-9-24-17/h2-3,10,14,17,20-21H,4-9,11-12H2,1H3/t17-,18-/m1/s1. The SMILES string of the molecule is COc1ccc(F)cc1C[C@@](O)(C1CCOCC1)[C@H]1CNCCO1. The molecule has 2 fully saturated rings. The summed E-state index contributed by atoms with van der Waals surface area (Å²) in [5.41, 5.74) is -0.418. The van der Waals surface area contributed by atoms with Crippen LogP contribution in [0.15, 0.2) is 18.2 Å². The number of benzene rings is 1. The zero-order valence-electron chi connectivity index (χ0n) is 14.1. The van der Waals surface area contributed by atoms with Crippen molar-refractivity contribution in [3.63, 3.8) is 0 Å². The molecule has 3 rings (SSSR count). The van der Waals surface area contributed by atoms with Crippen LogP contribution in [-0.2, 0) is 15.9 Å². The highest BCUT2D eigenvalue weighted by atomic mass is 19.1. The van der Waals surface area contributed by atoms with Gasteiger partial charge in [-0.1, -0.05) is 0 Å². The molecule has 5 nitrogen and oxygen atoms in total. The molecule has 2 atom stereocenters. The van der Waals surface area contributed by atoms with Gasteiger partial charge in [-0.05, 0) is 42.5 Å². The Bertz CT molecular complexity index is 524. The van der Waals surface area contributed by atoms with Gasteiger partial charge >= 0.3 is 0 Å². The molecule has 2 aliphatic heterocycles. The molecule has 0 radical (unpaired) electrons. The van der Waals surface area contributed by atoms with Gasteiger partial charge in [-0.25, -0.2) is 4.39 Å². The summed E-state index contributed by atoms with van der Waals surface area (Å²) in [4.78, 5) is 0. The fraction of sp³-hybridized carbons (Fsp3) is 0.667. The number of hydrogen-bond acceptors (Lipinski definition) is 5. The largest absolute Gasteiger partial charge is 0.496 e. The van der Waals surface area contributed by atoms with Gasteiger partial charge in [0.25, 0.3) is 0 Å². The molecular weight excluding hydrogens is 313 g/mol. The highest BCUT2D eigenvalue weighted by molar-refractivity contribution is 5.35. The molecule has 0 unspecified atom stereocenters. The monoisotopic (exact) mass is 339 g/mol. The molecule has 0 aliphatic carbocycles. The van der Waals surface area contributed by atoms with E-state index in [1.54, 1.807) is 13.2 Å². The van der Waals surface area contributed by atoms with Crippen LogP contribution < -0.4 is 10.1 Å². The van der Waals surface area contributed by atoms with E-state index < -0.39 is 5.60 Å². The van der Waals surface area contributed by atoms with Gasteiger partial charge in [-0.2, -0.15) is 0 Å². The number of ether oxygens (including phenoxy) is 3. The van der Waals surface area contributed by atoms with Crippen LogP contribution in [-0.4, -0.2) is 56.8 Å². The molecule has 0 spiro atoms. The summed E-state index contributed by atoms with van der Waals surface area (Å²) in [6.45, 7) is 3.20. The van der Waals surface area contributed by atoms with Crippen molar-refractivity contribution in [2.75, 3.05) is 40.0 Å². The van der Waals surface area contributed by atoms with Gasteiger partial charge < -0.3 is 24.6 Å². The Kier molecular flexibility index (Phi) is 5.71. The summed E-state index contributed by atoms with van der Waals surface area (Å²) >= 11 is 0. The van der Waals surface area contributed by atoms with Gasteiger partial charge in [0.2, 0.25) is 0 Å². The van der Waals surface area contributed by atoms with Crippen LogP contribution >= 0.6 is 0 Å². The lowest BCUT2D eigenvalue weighted by atomic mass is 9.74. The topological polar surface area (TPSA) is 60.0 Å². The fourth-order valence-electron chi connectivity index (χ4n) is 3.80. The zero-order chi connectivity index (χ0) is 17.0. The van der Waals surface area contributed by atoms with Crippen molar-refractivity contribution >= 4 is 0 Å². The van der Waals surface area contributed by atoms with Crippen LogP contribution in [0.3, 0.4) is 0 Å². The van der Waals surface area contributed by atoms with E-state index in [9.17, 15) is 9.50 Å². The van der Waals surface area contributed by atoms with Gasteiger partial charge in [0.05, 0.1) is 25.4 Å². The summed E-state index contributed by atoms with van der Waals surface area (Å²) in [6, 6.07) is 4.42. The Balaban J connectivity index is 1.90. The predicted octanol–water partition coefficient (Wildman–Crippen LogP) is 1.52. The van der Waals surface area contributed by atoms with E-state index in [1.165, 1.54) is 12.1 Å². The Hall–Kier alpha value is -1.21. The van der Waals surface area contributed by atoms with E-state index in [0.717, 1.165) is 19.4 Å². The van der Waals surface area contributed by atoms with Crippen molar-refractivity contribution in [3.8, 4) is 5.75 Å². The van der Waals surface area contributed by atoms with Crippen molar-refractivity contribution in [1.29, 1.82) is 0 Å². The highest BCUT2D eigenvalue weighted by Gasteiger charge is 2.46. The van der Waals surface area contributed by atoms with E-state index in [1.807, 2.05) is 0 Å². The minimum absolute atomic E-state index is 0.0455. The third-order valence-corrected chi connectivity index (χ3v) is 5.13. The van der Waals surface area contributed by atoms with Crippen LogP contribution in [0.5, 0.6) is 5.75 Å². The number of aliphatic hydroxyl groups is 1. The van der Waals surface area contributed by atoms with Crippen LogP contribution in [0.2, 0.25) is 0 Å². The van der Waals surface area contributed by atoms with E-state index in [-0.39, 0.29) is 17.8 Å². The first-order valence-electron chi connectivity index (χ1n) is 8.58. The molecule has 2 saturated heterocycles. The molecule has 0 aromatic heterocycles. The first-order valence-corrected chi connectivity index (χ1v) is 8.58. The first kappa shape index (κ1) is 17.6. The zero-order valence-corrected chi connectivity index (χ0v) is 14.1. The Labute approximate surface area is 142 Å². The smallest absolute Gasteiger partial charge is 0.123 e. The summed E-state index contributed by atoms with van der Waals surface area (Å²) in [5.74, 6) is 0.303. The van der Waals surface area contributed by atoms with E-state index in [2.05, 4.69) is 5.32 Å². The lowest BCUT2D eigenvalue weighted by Crippen LogP contribution is -2.59. The second kappa shape index (κ2) is 7.78. The predicted molar refractivity (Wildman–Crippen MR) is 87.8 cm³/mol. The maximum atomic E-state index is 13.7. The van der Waals surface area contributed by atoms with Crippen molar-refractivity contribution in [2.24, 2.45) is 5.92 Å². The number of methoxy groups -OCH3 is 1. The summed E-state index contributed by atoms with van der Waals surface area (Å²) in [7, 11) is 1.56. The molecule has 0 saturated carbocycles.